The monoisotopic (exact) mass is 422 g/mol. The minimum absolute atomic E-state index is 0.0249. The van der Waals surface area contributed by atoms with Crippen molar-refractivity contribution >= 4 is 21.9 Å². The number of methoxy groups -OCH3 is 1. The molecule has 8 nitrogen and oxygen atoms in total. The van der Waals surface area contributed by atoms with E-state index in [0.29, 0.717) is 11.3 Å². The molecule has 0 saturated carbocycles. The van der Waals surface area contributed by atoms with Crippen LogP contribution in [0.5, 0.6) is 5.75 Å². The minimum atomic E-state index is -3.84. The van der Waals surface area contributed by atoms with Gasteiger partial charge in [0.1, 0.15) is 11.6 Å². The SMILES string of the molecule is COC(=O)c1ccc(S(=O)(=O)NCCN2Cc3cc(F)ccc3OCC2=O)cc1. The summed E-state index contributed by atoms with van der Waals surface area (Å²) in [4.78, 5) is 25.0. The Labute approximate surface area is 167 Å². The fourth-order valence-corrected chi connectivity index (χ4v) is 3.85. The standard InChI is InChI=1S/C19H19FN2O6S/c1-27-19(24)13-2-5-16(6-3-13)29(25,26)21-8-9-22-11-14-10-15(20)4-7-17(14)28-12-18(22)23/h2-7,10,21H,8-9,11-12H2,1H3. The van der Waals surface area contributed by atoms with E-state index < -0.39 is 21.8 Å². The first-order valence-electron chi connectivity index (χ1n) is 8.67. The summed E-state index contributed by atoms with van der Waals surface area (Å²) in [7, 11) is -2.60. The molecule has 0 aliphatic carbocycles. The van der Waals surface area contributed by atoms with E-state index in [1.165, 1.54) is 54.5 Å². The fourth-order valence-electron chi connectivity index (χ4n) is 2.83. The van der Waals surface area contributed by atoms with Crippen LogP contribution >= 0.6 is 0 Å². The van der Waals surface area contributed by atoms with Crippen molar-refractivity contribution in [3.05, 3.63) is 59.4 Å². The molecule has 0 unspecified atom stereocenters. The van der Waals surface area contributed by atoms with Gasteiger partial charge in [-0.25, -0.2) is 22.3 Å². The van der Waals surface area contributed by atoms with Crippen LogP contribution in [-0.2, 0) is 26.1 Å². The maximum Gasteiger partial charge on any atom is 0.337 e. The van der Waals surface area contributed by atoms with Gasteiger partial charge in [-0.15, -0.1) is 0 Å². The normalized spacial score (nSPS) is 14.0. The Hall–Kier alpha value is -2.98. The third-order valence-electron chi connectivity index (χ3n) is 4.35. The van der Waals surface area contributed by atoms with E-state index in [1.807, 2.05) is 0 Å². The summed E-state index contributed by atoms with van der Waals surface area (Å²) < 4.78 is 50.6. The van der Waals surface area contributed by atoms with Crippen LogP contribution in [-0.4, -0.2) is 52.0 Å². The Bertz CT molecular complexity index is 1020. The summed E-state index contributed by atoms with van der Waals surface area (Å²) in [6.07, 6.45) is 0. The van der Waals surface area contributed by atoms with E-state index in [2.05, 4.69) is 9.46 Å². The van der Waals surface area contributed by atoms with Crippen LogP contribution in [0, 0.1) is 5.82 Å². The number of nitrogens with one attached hydrogen (secondary N) is 1. The zero-order valence-electron chi connectivity index (χ0n) is 15.6. The van der Waals surface area contributed by atoms with Crippen molar-refractivity contribution in [1.29, 1.82) is 0 Å². The summed E-state index contributed by atoms with van der Waals surface area (Å²) in [5, 5.41) is 0. The Morgan fingerprint density at radius 1 is 1.24 bits per heavy atom. The molecular formula is C19H19FN2O6S. The van der Waals surface area contributed by atoms with Crippen molar-refractivity contribution in [2.75, 3.05) is 26.8 Å². The molecule has 1 aliphatic heterocycles. The van der Waals surface area contributed by atoms with Gasteiger partial charge in [0, 0.05) is 25.2 Å². The average molecular weight is 422 g/mol. The summed E-state index contributed by atoms with van der Waals surface area (Å²) in [5.74, 6) is -0.921. The smallest absolute Gasteiger partial charge is 0.337 e. The van der Waals surface area contributed by atoms with E-state index in [0.717, 1.165) is 0 Å². The van der Waals surface area contributed by atoms with Crippen LogP contribution in [0.1, 0.15) is 15.9 Å². The first-order valence-corrected chi connectivity index (χ1v) is 10.2. The summed E-state index contributed by atoms with van der Waals surface area (Å²) in [6, 6.07) is 9.27. The van der Waals surface area contributed by atoms with Crippen molar-refractivity contribution in [3.8, 4) is 5.75 Å². The highest BCUT2D eigenvalue weighted by atomic mass is 32.2. The first kappa shape index (κ1) is 20.7. The number of rotatable bonds is 6. The van der Waals surface area contributed by atoms with Crippen molar-refractivity contribution in [1.82, 2.24) is 9.62 Å². The number of hydrogen-bond donors (Lipinski definition) is 1. The molecular weight excluding hydrogens is 403 g/mol. The Balaban J connectivity index is 1.63. The van der Waals surface area contributed by atoms with Gasteiger partial charge in [0.2, 0.25) is 10.0 Å². The van der Waals surface area contributed by atoms with Gasteiger partial charge in [0.25, 0.3) is 5.91 Å². The van der Waals surface area contributed by atoms with Crippen molar-refractivity contribution < 1.29 is 31.9 Å². The molecule has 0 bridgehead atoms. The molecule has 0 saturated heterocycles. The number of amides is 1. The number of ether oxygens (including phenoxy) is 2. The number of hydrogen-bond acceptors (Lipinski definition) is 6. The molecule has 0 radical (unpaired) electrons. The quantitative estimate of drug-likeness (QED) is 0.705. The second-order valence-corrected chi connectivity index (χ2v) is 8.04. The maximum absolute atomic E-state index is 13.5. The van der Waals surface area contributed by atoms with Gasteiger partial charge in [-0.05, 0) is 42.5 Å². The Morgan fingerprint density at radius 3 is 2.66 bits per heavy atom. The van der Waals surface area contributed by atoms with Crippen LogP contribution in [0.25, 0.3) is 0 Å². The predicted octanol–water partition coefficient (Wildman–Crippen LogP) is 1.31. The van der Waals surface area contributed by atoms with Crippen LogP contribution in [0.4, 0.5) is 4.39 Å². The number of carbonyl (C=O) groups excluding carboxylic acids is 2. The van der Waals surface area contributed by atoms with E-state index in [-0.39, 0.29) is 42.6 Å². The fraction of sp³-hybridized carbons (Fsp3) is 0.263. The Morgan fingerprint density at radius 2 is 1.97 bits per heavy atom. The lowest BCUT2D eigenvalue weighted by molar-refractivity contribution is -0.133. The van der Waals surface area contributed by atoms with Crippen LogP contribution in [0.3, 0.4) is 0 Å². The van der Waals surface area contributed by atoms with E-state index in [1.54, 1.807) is 0 Å². The lowest BCUT2D eigenvalue weighted by Gasteiger charge is -2.20. The molecule has 1 amide bonds. The van der Waals surface area contributed by atoms with Gasteiger partial charge < -0.3 is 14.4 Å². The second kappa shape index (κ2) is 8.58. The highest BCUT2D eigenvalue weighted by molar-refractivity contribution is 7.89. The highest BCUT2D eigenvalue weighted by Gasteiger charge is 2.23. The number of fused-ring (bicyclic) bond motifs is 1. The summed E-state index contributed by atoms with van der Waals surface area (Å²) in [6.45, 7) is -0.0586. The molecule has 2 aromatic rings. The number of nitrogens with zero attached hydrogens (tertiary/aromatic N) is 1. The first-order chi connectivity index (χ1) is 13.8. The molecule has 1 aliphatic rings. The minimum Gasteiger partial charge on any atom is -0.483 e. The molecule has 154 valence electrons. The van der Waals surface area contributed by atoms with Crippen molar-refractivity contribution in [3.63, 3.8) is 0 Å². The number of carbonyl (C=O) groups is 2. The average Bonchev–Trinajstić information content (AvgIpc) is 2.86. The molecule has 10 heteroatoms. The van der Waals surface area contributed by atoms with E-state index >= 15 is 0 Å². The van der Waals surface area contributed by atoms with Gasteiger partial charge in [-0.1, -0.05) is 0 Å². The number of halogens is 1. The van der Waals surface area contributed by atoms with Gasteiger partial charge in [0.05, 0.1) is 17.6 Å². The number of benzene rings is 2. The molecule has 2 aromatic carbocycles. The molecule has 3 rings (SSSR count). The zero-order chi connectivity index (χ0) is 21.0. The van der Waals surface area contributed by atoms with Crippen molar-refractivity contribution in [2.45, 2.75) is 11.4 Å². The van der Waals surface area contributed by atoms with Gasteiger partial charge >= 0.3 is 5.97 Å². The lowest BCUT2D eigenvalue weighted by atomic mass is 10.2. The second-order valence-electron chi connectivity index (χ2n) is 6.27. The lowest BCUT2D eigenvalue weighted by Crippen LogP contribution is -2.39. The molecule has 0 spiro atoms. The zero-order valence-corrected chi connectivity index (χ0v) is 16.4. The molecule has 1 N–H and O–H groups in total. The van der Waals surface area contributed by atoms with Gasteiger partial charge in [-0.2, -0.15) is 0 Å². The molecule has 29 heavy (non-hydrogen) atoms. The molecule has 0 fully saturated rings. The Kier molecular flexibility index (Phi) is 6.14. The van der Waals surface area contributed by atoms with Crippen LogP contribution in [0.2, 0.25) is 0 Å². The van der Waals surface area contributed by atoms with Crippen LogP contribution in [0.15, 0.2) is 47.4 Å². The van der Waals surface area contributed by atoms with Gasteiger partial charge in [0.15, 0.2) is 6.61 Å². The van der Waals surface area contributed by atoms with Gasteiger partial charge in [-0.3, -0.25) is 4.79 Å². The van der Waals surface area contributed by atoms with E-state index in [9.17, 15) is 22.4 Å². The molecule has 1 heterocycles. The van der Waals surface area contributed by atoms with Crippen LogP contribution < -0.4 is 9.46 Å². The largest absolute Gasteiger partial charge is 0.483 e. The van der Waals surface area contributed by atoms with E-state index in [4.69, 9.17) is 4.74 Å². The molecule has 0 aromatic heterocycles. The number of sulfonamides is 1. The maximum atomic E-state index is 13.5. The highest BCUT2D eigenvalue weighted by Crippen LogP contribution is 2.24. The molecule has 0 atom stereocenters. The predicted molar refractivity (Wildman–Crippen MR) is 100 cm³/mol. The number of esters is 1. The summed E-state index contributed by atoms with van der Waals surface area (Å²) in [5.41, 5.74) is 0.740. The summed E-state index contributed by atoms with van der Waals surface area (Å²) >= 11 is 0. The third kappa shape index (κ3) is 4.90. The topological polar surface area (TPSA) is 102 Å². The van der Waals surface area contributed by atoms with Crippen molar-refractivity contribution in [2.24, 2.45) is 0 Å². The third-order valence-corrected chi connectivity index (χ3v) is 5.82.